The fourth-order valence-corrected chi connectivity index (χ4v) is 4.17. The normalized spacial score (nSPS) is 16.7. The van der Waals surface area contributed by atoms with Crippen molar-refractivity contribution in [1.82, 2.24) is 4.90 Å². The number of nitrogens with one attached hydrogen (secondary N) is 1. The Balaban J connectivity index is 1.71. The molecule has 1 amide bonds. The highest BCUT2D eigenvalue weighted by Crippen LogP contribution is 2.21. The maximum atomic E-state index is 12.6. The number of carbonyl (C=O) groups excluding carboxylic acids is 1. The minimum Gasteiger partial charge on any atom is -0.481 e. The number of hydrogen-bond donors (Lipinski definition) is 1. The quantitative estimate of drug-likeness (QED) is 0.783. The molecule has 1 fully saturated rings. The molecule has 8 heteroatoms. The Morgan fingerprint density at radius 3 is 2.66 bits per heavy atom. The summed E-state index contributed by atoms with van der Waals surface area (Å²) in [7, 11) is -2.02. The van der Waals surface area contributed by atoms with Crippen LogP contribution in [-0.2, 0) is 14.8 Å². The monoisotopic (exact) mass is 415 g/mol. The summed E-state index contributed by atoms with van der Waals surface area (Å²) in [5.41, 5.74) is 1.40. The molecule has 7 nitrogen and oxygen atoms in total. The highest BCUT2D eigenvalue weighted by Gasteiger charge is 2.21. The molecule has 3 rings (SSSR count). The van der Waals surface area contributed by atoms with Crippen LogP contribution >= 0.6 is 0 Å². The van der Waals surface area contributed by atoms with E-state index < -0.39 is 16.1 Å². The number of anilines is 1. The number of sulfonamides is 1. The highest BCUT2D eigenvalue weighted by molar-refractivity contribution is 7.90. The summed E-state index contributed by atoms with van der Waals surface area (Å²) in [4.78, 5) is 14.3. The number of hydrogen-bond acceptors (Lipinski definition) is 4. The standard InChI is InChI=1S/C21H25N3O4S/c1-15-7-4-9-18(13-15)28-16(2)21(25)22-17-8-5-10-19(14-17)29(26,27)23-20-11-6-12-24(20)3/h4-5,7-10,13-14,16H,6,11-12H2,1-3H3,(H,22,25). The Morgan fingerprint density at radius 1 is 1.21 bits per heavy atom. The summed E-state index contributed by atoms with van der Waals surface area (Å²) in [5.74, 6) is 0.781. The molecule has 0 radical (unpaired) electrons. The van der Waals surface area contributed by atoms with E-state index in [0.29, 0.717) is 23.7 Å². The topological polar surface area (TPSA) is 88.1 Å². The molecule has 1 aliphatic rings. The van der Waals surface area contributed by atoms with Crippen LogP contribution < -0.4 is 10.1 Å². The van der Waals surface area contributed by atoms with Crippen LogP contribution in [0.1, 0.15) is 25.3 Å². The van der Waals surface area contributed by atoms with Crippen molar-refractivity contribution >= 4 is 27.5 Å². The summed E-state index contributed by atoms with van der Waals surface area (Å²) in [6.45, 7) is 4.37. The lowest BCUT2D eigenvalue weighted by molar-refractivity contribution is -0.122. The van der Waals surface area contributed by atoms with Crippen LogP contribution in [0, 0.1) is 6.92 Å². The second-order valence-electron chi connectivity index (χ2n) is 7.10. The van der Waals surface area contributed by atoms with Crippen molar-refractivity contribution in [2.75, 3.05) is 18.9 Å². The molecule has 29 heavy (non-hydrogen) atoms. The lowest BCUT2D eigenvalue weighted by Gasteiger charge is -2.15. The molecule has 1 heterocycles. The molecule has 154 valence electrons. The first kappa shape index (κ1) is 20.9. The summed E-state index contributed by atoms with van der Waals surface area (Å²) < 4.78 is 34.9. The zero-order valence-corrected chi connectivity index (χ0v) is 17.6. The van der Waals surface area contributed by atoms with Crippen LogP contribution in [-0.4, -0.2) is 44.8 Å². The van der Waals surface area contributed by atoms with Crippen molar-refractivity contribution in [3.63, 3.8) is 0 Å². The molecule has 1 saturated heterocycles. The largest absolute Gasteiger partial charge is 0.481 e. The molecular weight excluding hydrogens is 390 g/mol. The summed E-state index contributed by atoms with van der Waals surface area (Å²) in [6.07, 6.45) is 0.782. The smallest absolute Gasteiger partial charge is 0.284 e. The molecule has 0 aromatic heterocycles. The number of nitrogens with zero attached hydrogens (tertiary/aromatic N) is 2. The van der Waals surface area contributed by atoms with E-state index >= 15 is 0 Å². The zero-order chi connectivity index (χ0) is 21.0. The van der Waals surface area contributed by atoms with Gasteiger partial charge in [0, 0.05) is 25.7 Å². The van der Waals surface area contributed by atoms with E-state index in [0.717, 1.165) is 18.5 Å². The molecule has 2 aromatic rings. The molecule has 0 saturated carbocycles. The van der Waals surface area contributed by atoms with E-state index in [1.165, 1.54) is 12.1 Å². The van der Waals surface area contributed by atoms with Crippen molar-refractivity contribution in [1.29, 1.82) is 0 Å². The Labute approximate surface area is 171 Å². The maximum absolute atomic E-state index is 12.6. The average molecular weight is 416 g/mol. The first-order chi connectivity index (χ1) is 13.7. The van der Waals surface area contributed by atoms with Crippen molar-refractivity contribution in [3.8, 4) is 5.75 Å². The van der Waals surface area contributed by atoms with E-state index in [1.54, 1.807) is 25.1 Å². The number of benzene rings is 2. The van der Waals surface area contributed by atoms with Crippen molar-refractivity contribution in [2.24, 2.45) is 4.40 Å². The minimum atomic E-state index is -3.84. The number of ether oxygens (including phenoxy) is 1. The van der Waals surface area contributed by atoms with Crippen molar-refractivity contribution in [2.45, 2.75) is 37.7 Å². The summed E-state index contributed by atoms with van der Waals surface area (Å²) in [6, 6.07) is 13.5. The minimum absolute atomic E-state index is 0.0374. The molecule has 1 atom stereocenters. The fourth-order valence-electron chi connectivity index (χ4n) is 3.03. The van der Waals surface area contributed by atoms with Crippen LogP contribution in [0.5, 0.6) is 5.75 Å². The molecule has 1 unspecified atom stereocenters. The molecule has 0 aliphatic carbocycles. The Bertz CT molecular complexity index is 1030. The van der Waals surface area contributed by atoms with E-state index in [2.05, 4.69) is 9.71 Å². The molecule has 1 aliphatic heterocycles. The van der Waals surface area contributed by atoms with E-state index in [1.807, 2.05) is 37.1 Å². The van der Waals surface area contributed by atoms with Gasteiger partial charge in [0.25, 0.3) is 15.9 Å². The molecular formula is C21H25N3O4S. The van der Waals surface area contributed by atoms with Gasteiger partial charge in [0.1, 0.15) is 11.6 Å². The van der Waals surface area contributed by atoms with Crippen LogP contribution in [0.3, 0.4) is 0 Å². The molecule has 0 bridgehead atoms. The Hall–Kier alpha value is -2.87. The average Bonchev–Trinajstić information content (AvgIpc) is 3.06. The zero-order valence-electron chi connectivity index (χ0n) is 16.8. The van der Waals surface area contributed by atoms with Gasteiger partial charge in [0.2, 0.25) is 0 Å². The van der Waals surface area contributed by atoms with Crippen LogP contribution in [0.15, 0.2) is 57.8 Å². The van der Waals surface area contributed by atoms with Gasteiger partial charge in [-0.05, 0) is 56.2 Å². The van der Waals surface area contributed by atoms with Crippen molar-refractivity contribution in [3.05, 3.63) is 54.1 Å². The Kier molecular flexibility index (Phi) is 6.22. The fraction of sp³-hybridized carbons (Fsp3) is 0.333. The van der Waals surface area contributed by atoms with Gasteiger partial charge in [0.05, 0.1) is 4.90 Å². The first-order valence-electron chi connectivity index (χ1n) is 9.44. The van der Waals surface area contributed by atoms with E-state index in [9.17, 15) is 13.2 Å². The number of rotatable bonds is 6. The van der Waals surface area contributed by atoms with Gasteiger partial charge in [-0.25, -0.2) is 0 Å². The van der Waals surface area contributed by atoms with Crippen molar-refractivity contribution < 1.29 is 17.9 Å². The van der Waals surface area contributed by atoms with Gasteiger partial charge in [-0.3, -0.25) is 4.79 Å². The molecule has 2 aromatic carbocycles. The van der Waals surface area contributed by atoms with Crippen LogP contribution in [0.4, 0.5) is 5.69 Å². The third-order valence-electron chi connectivity index (χ3n) is 4.63. The number of amides is 1. The number of likely N-dealkylation sites (tertiary alicyclic amines) is 1. The van der Waals surface area contributed by atoms with Gasteiger partial charge in [-0.15, -0.1) is 4.40 Å². The van der Waals surface area contributed by atoms with Crippen LogP contribution in [0.25, 0.3) is 0 Å². The predicted molar refractivity (Wildman–Crippen MR) is 113 cm³/mol. The number of carbonyl (C=O) groups is 1. The van der Waals surface area contributed by atoms with E-state index in [4.69, 9.17) is 4.74 Å². The SMILES string of the molecule is Cc1cccc(OC(C)C(=O)Nc2cccc(S(=O)(=O)N=C3CCCN3C)c2)c1. The second-order valence-corrected chi connectivity index (χ2v) is 8.71. The van der Waals surface area contributed by atoms with Gasteiger partial charge in [0.15, 0.2) is 6.10 Å². The van der Waals surface area contributed by atoms with Crippen LogP contribution in [0.2, 0.25) is 0 Å². The summed E-state index contributed by atoms with van der Waals surface area (Å²) in [5, 5.41) is 2.70. The lowest BCUT2D eigenvalue weighted by atomic mass is 10.2. The van der Waals surface area contributed by atoms with E-state index in [-0.39, 0.29) is 10.8 Å². The van der Waals surface area contributed by atoms with Gasteiger partial charge in [-0.1, -0.05) is 18.2 Å². The van der Waals surface area contributed by atoms with Gasteiger partial charge >= 0.3 is 0 Å². The van der Waals surface area contributed by atoms with Gasteiger partial charge < -0.3 is 15.0 Å². The summed E-state index contributed by atoms with van der Waals surface area (Å²) >= 11 is 0. The maximum Gasteiger partial charge on any atom is 0.284 e. The third-order valence-corrected chi connectivity index (χ3v) is 5.93. The lowest BCUT2D eigenvalue weighted by Crippen LogP contribution is -2.30. The molecule has 1 N–H and O–H groups in total. The predicted octanol–water partition coefficient (Wildman–Crippen LogP) is 3.21. The number of aryl methyl sites for hydroxylation is 1. The first-order valence-corrected chi connectivity index (χ1v) is 10.9. The molecule has 0 spiro atoms. The second kappa shape index (κ2) is 8.65. The third kappa shape index (κ3) is 5.35. The highest BCUT2D eigenvalue weighted by atomic mass is 32.2. The number of amidine groups is 1. The van der Waals surface area contributed by atoms with Gasteiger partial charge in [-0.2, -0.15) is 8.42 Å². The Morgan fingerprint density at radius 2 is 1.97 bits per heavy atom.